The van der Waals surface area contributed by atoms with E-state index in [1.807, 2.05) is 6.92 Å². The highest BCUT2D eigenvalue weighted by atomic mass is 16.1. The average molecular weight is 317 g/mol. The standard InChI is InChI=1S/C22H36O/c1-4-6-7-8-9-13-17-22(3,19-21(23)5-2)18-16-20-14-11-10-12-15-20/h10-12,14-15H,4-9,13,16-19H2,1-3H3/t22-/m0/s1. The van der Waals surface area contributed by atoms with E-state index in [1.165, 1.54) is 50.5 Å². The summed E-state index contributed by atoms with van der Waals surface area (Å²) in [6.07, 6.45) is 12.8. The summed E-state index contributed by atoms with van der Waals surface area (Å²) < 4.78 is 0. The summed E-state index contributed by atoms with van der Waals surface area (Å²) >= 11 is 0. The summed E-state index contributed by atoms with van der Waals surface area (Å²) in [7, 11) is 0. The summed E-state index contributed by atoms with van der Waals surface area (Å²) in [5, 5.41) is 0. The van der Waals surface area contributed by atoms with Gasteiger partial charge in [-0.15, -0.1) is 0 Å². The molecule has 0 heterocycles. The molecule has 0 N–H and O–H groups in total. The zero-order valence-corrected chi connectivity index (χ0v) is 15.6. The van der Waals surface area contributed by atoms with E-state index >= 15 is 0 Å². The van der Waals surface area contributed by atoms with E-state index in [2.05, 4.69) is 44.2 Å². The number of Topliss-reactive ketones (excluding diaryl/α,β-unsaturated/α-hetero) is 1. The quantitative estimate of drug-likeness (QED) is 0.368. The number of hydrogen-bond acceptors (Lipinski definition) is 1. The van der Waals surface area contributed by atoms with Crippen LogP contribution < -0.4 is 0 Å². The van der Waals surface area contributed by atoms with Crippen LogP contribution in [0.5, 0.6) is 0 Å². The molecule has 1 nitrogen and oxygen atoms in total. The number of benzene rings is 1. The van der Waals surface area contributed by atoms with Gasteiger partial charge in [0.1, 0.15) is 5.78 Å². The van der Waals surface area contributed by atoms with Gasteiger partial charge in [-0.25, -0.2) is 0 Å². The highest BCUT2D eigenvalue weighted by Gasteiger charge is 2.26. The summed E-state index contributed by atoms with van der Waals surface area (Å²) in [4.78, 5) is 12.0. The second kappa shape index (κ2) is 11.4. The summed E-state index contributed by atoms with van der Waals surface area (Å²) in [5.74, 6) is 0.423. The maximum atomic E-state index is 12.0. The number of aryl methyl sites for hydroxylation is 1. The number of carbonyl (C=O) groups excluding carboxylic acids is 1. The number of ketones is 1. The van der Waals surface area contributed by atoms with Crippen LogP contribution in [-0.4, -0.2) is 5.78 Å². The van der Waals surface area contributed by atoms with Crippen molar-refractivity contribution in [2.45, 2.75) is 91.4 Å². The second-order valence-corrected chi connectivity index (χ2v) is 7.38. The molecule has 1 aromatic rings. The zero-order valence-electron chi connectivity index (χ0n) is 15.6. The Morgan fingerprint density at radius 2 is 1.57 bits per heavy atom. The van der Waals surface area contributed by atoms with Crippen molar-refractivity contribution < 1.29 is 4.79 Å². The van der Waals surface area contributed by atoms with E-state index < -0.39 is 0 Å². The summed E-state index contributed by atoms with van der Waals surface area (Å²) in [6.45, 7) is 6.58. The van der Waals surface area contributed by atoms with Crippen LogP contribution in [0.25, 0.3) is 0 Å². The van der Waals surface area contributed by atoms with Gasteiger partial charge in [0.05, 0.1) is 0 Å². The Morgan fingerprint density at radius 1 is 0.913 bits per heavy atom. The first-order chi connectivity index (χ1) is 11.1. The molecule has 0 aliphatic carbocycles. The lowest BCUT2D eigenvalue weighted by molar-refractivity contribution is -0.121. The van der Waals surface area contributed by atoms with E-state index in [-0.39, 0.29) is 5.41 Å². The van der Waals surface area contributed by atoms with Crippen molar-refractivity contribution in [3.63, 3.8) is 0 Å². The second-order valence-electron chi connectivity index (χ2n) is 7.38. The van der Waals surface area contributed by atoms with Crippen molar-refractivity contribution in [2.24, 2.45) is 5.41 Å². The fourth-order valence-electron chi connectivity index (χ4n) is 3.33. The molecule has 0 spiro atoms. The molecule has 0 saturated heterocycles. The topological polar surface area (TPSA) is 17.1 Å². The lowest BCUT2D eigenvalue weighted by atomic mass is 9.75. The Morgan fingerprint density at radius 3 is 2.22 bits per heavy atom. The van der Waals surface area contributed by atoms with E-state index in [4.69, 9.17) is 0 Å². The molecule has 0 aliphatic rings. The van der Waals surface area contributed by atoms with Gasteiger partial charge in [0, 0.05) is 12.8 Å². The largest absolute Gasteiger partial charge is 0.300 e. The molecule has 1 atom stereocenters. The SMILES string of the molecule is CCCCCCCC[C@@](C)(CCc1ccccc1)CC(=O)CC. The molecule has 1 rings (SSSR count). The van der Waals surface area contributed by atoms with Crippen molar-refractivity contribution in [3.05, 3.63) is 35.9 Å². The van der Waals surface area contributed by atoms with E-state index in [0.29, 0.717) is 12.2 Å². The van der Waals surface area contributed by atoms with Crippen molar-refractivity contribution in [1.29, 1.82) is 0 Å². The monoisotopic (exact) mass is 316 g/mol. The lowest BCUT2D eigenvalue weighted by Gasteiger charge is -2.29. The van der Waals surface area contributed by atoms with E-state index in [0.717, 1.165) is 19.3 Å². The Labute approximate surface area is 143 Å². The third-order valence-electron chi connectivity index (χ3n) is 5.01. The normalized spacial score (nSPS) is 13.7. The minimum Gasteiger partial charge on any atom is -0.300 e. The Bertz CT molecular complexity index is 423. The van der Waals surface area contributed by atoms with Crippen LogP contribution in [0.4, 0.5) is 0 Å². The average Bonchev–Trinajstić information content (AvgIpc) is 2.57. The third kappa shape index (κ3) is 8.93. The summed E-state index contributed by atoms with van der Waals surface area (Å²) in [6, 6.07) is 10.7. The molecule has 1 heteroatoms. The molecule has 0 radical (unpaired) electrons. The van der Waals surface area contributed by atoms with Crippen LogP contribution in [0.3, 0.4) is 0 Å². The predicted molar refractivity (Wildman–Crippen MR) is 101 cm³/mol. The molecule has 0 amide bonds. The van der Waals surface area contributed by atoms with Gasteiger partial charge in [-0.05, 0) is 30.2 Å². The highest BCUT2D eigenvalue weighted by Crippen LogP contribution is 2.34. The number of rotatable bonds is 13. The minimum absolute atomic E-state index is 0.174. The number of carbonyl (C=O) groups is 1. The van der Waals surface area contributed by atoms with E-state index in [1.54, 1.807) is 0 Å². The first-order valence-corrected chi connectivity index (χ1v) is 9.65. The van der Waals surface area contributed by atoms with Gasteiger partial charge in [0.25, 0.3) is 0 Å². The summed E-state index contributed by atoms with van der Waals surface area (Å²) in [5.41, 5.74) is 1.57. The first kappa shape index (κ1) is 19.9. The van der Waals surface area contributed by atoms with Gasteiger partial charge in [0.15, 0.2) is 0 Å². The lowest BCUT2D eigenvalue weighted by Crippen LogP contribution is -2.22. The highest BCUT2D eigenvalue weighted by molar-refractivity contribution is 5.78. The molecule has 0 aromatic heterocycles. The van der Waals surface area contributed by atoms with Gasteiger partial charge in [-0.3, -0.25) is 4.79 Å². The Hall–Kier alpha value is -1.11. The molecular formula is C22H36O. The van der Waals surface area contributed by atoms with Crippen LogP contribution in [0.15, 0.2) is 30.3 Å². The molecule has 0 unspecified atom stereocenters. The van der Waals surface area contributed by atoms with Gasteiger partial charge in [0.2, 0.25) is 0 Å². The third-order valence-corrected chi connectivity index (χ3v) is 5.01. The van der Waals surface area contributed by atoms with Crippen LogP contribution in [0.1, 0.15) is 90.5 Å². The van der Waals surface area contributed by atoms with Gasteiger partial charge in [-0.1, -0.05) is 89.6 Å². The molecule has 0 aliphatic heterocycles. The number of hydrogen-bond donors (Lipinski definition) is 0. The van der Waals surface area contributed by atoms with Crippen molar-refractivity contribution in [1.82, 2.24) is 0 Å². The predicted octanol–water partition coefficient (Wildman–Crippen LogP) is 6.75. The van der Waals surface area contributed by atoms with Gasteiger partial charge >= 0.3 is 0 Å². The molecular weight excluding hydrogens is 280 g/mol. The minimum atomic E-state index is 0.174. The van der Waals surface area contributed by atoms with Crippen LogP contribution in [0, 0.1) is 5.41 Å². The maximum Gasteiger partial charge on any atom is 0.133 e. The van der Waals surface area contributed by atoms with Crippen LogP contribution in [0.2, 0.25) is 0 Å². The molecule has 1 aromatic carbocycles. The maximum absolute atomic E-state index is 12.0. The molecule has 0 bridgehead atoms. The molecule has 0 fully saturated rings. The smallest absolute Gasteiger partial charge is 0.133 e. The Kier molecular flexibility index (Phi) is 9.91. The fourth-order valence-corrected chi connectivity index (χ4v) is 3.33. The first-order valence-electron chi connectivity index (χ1n) is 9.65. The van der Waals surface area contributed by atoms with Gasteiger partial charge in [-0.2, -0.15) is 0 Å². The number of unbranched alkanes of at least 4 members (excludes halogenated alkanes) is 5. The molecule has 0 saturated carbocycles. The molecule has 130 valence electrons. The fraction of sp³-hybridized carbons (Fsp3) is 0.682. The van der Waals surface area contributed by atoms with Crippen molar-refractivity contribution in [2.75, 3.05) is 0 Å². The van der Waals surface area contributed by atoms with Crippen LogP contribution >= 0.6 is 0 Å². The van der Waals surface area contributed by atoms with Crippen molar-refractivity contribution in [3.8, 4) is 0 Å². The van der Waals surface area contributed by atoms with E-state index in [9.17, 15) is 4.79 Å². The zero-order chi connectivity index (χ0) is 17.0. The Balaban J connectivity index is 2.46. The van der Waals surface area contributed by atoms with Gasteiger partial charge < -0.3 is 0 Å². The van der Waals surface area contributed by atoms with Crippen LogP contribution in [-0.2, 0) is 11.2 Å². The van der Waals surface area contributed by atoms with Crippen molar-refractivity contribution >= 4 is 5.78 Å². The molecule has 23 heavy (non-hydrogen) atoms.